The van der Waals surface area contributed by atoms with E-state index in [4.69, 9.17) is 16.7 Å². The molecule has 1 aromatic carbocycles. The molecule has 1 heterocycles. The second-order valence-corrected chi connectivity index (χ2v) is 4.09. The monoisotopic (exact) mass is 266 g/mol. The maximum atomic E-state index is 13.8. The molecule has 2 aromatic rings. The highest BCUT2D eigenvalue weighted by Crippen LogP contribution is 2.28. The van der Waals surface area contributed by atoms with Gasteiger partial charge in [-0.25, -0.2) is 19.2 Å². The van der Waals surface area contributed by atoms with Crippen molar-refractivity contribution < 1.29 is 14.3 Å². The Kier molecular flexibility index (Phi) is 3.25. The van der Waals surface area contributed by atoms with Gasteiger partial charge in [0.15, 0.2) is 0 Å². The molecule has 0 spiro atoms. The van der Waals surface area contributed by atoms with Crippen LogP contribution in [0.5, 0.6) is 0 Å². The molecule has 0 saturated heterocycles. The third kappa shape index (κ3) is 2.31. The first kappa shape index (κ1) is 12.4. The number of aryl methyl sites for hydroxylation is 1. The van der Waals surface area contributed by atoms with Crippen LogP contribution in [-0.4, -0.2) is 21.0 Å². The zero-order chi connectivity index (χ0) is 13.3. The highest BCUT2D eigenvalue weighted by atomic mass is 35.5. The van der Waals surface area contributed by atoms with Crippen molar-refractivity contribution in [3.63, 3.8) is 0 Å². The Bertz CT molecular complexity index is 631. The number of carboxylic acid groups (broad SMARTS) is 1. The summed E-state index contributed by atoms with van der Waals surface area (Å²) < 4.78 is 13.8. The van der Waals surface area contributed by atoms with Crippen LogP contribution in [-0.2, 0) is 0 Å². The molecule has 0 aliphatic rings. The Morgan fingerprint density at radius 1 is 1.44 bits per heavy atom. The van der Waals surface area contributed by atoms with Crippen LogP contribution in [0.3, 0.4) is 0 Å². The van der Waals surface area contributed by atoms with Gasteiger partial charge in [0.2, 0.25) is 5.82 Å². The summed E-state index contributed by atoms with van der Waals surface area (Å²) in [5.41, 5.74) is 0.969. The molecule has 92 valence electrons. The van der Waals surface area contributed by atoms with Gasteiger partial charge in [0.1, 0.15) is 5.82 Å². The van der Waals surface area contributed by atoms with Crippen LogP contribution in [0.2, 0.25) is 5.02 Å². The molecule has 0 unspecified atom stereocenters. The fourth-order valence-electron chi connectivity index (χ4n) is 1.47. The summed E-state index contributed by atoms with van der Waals surface area (Å²) in [4.78, 5) is 18.1. The molecule has 0 amide bonds. The summed E-state index contributed by atoms with van der Waals surface area (Å²) in [5, 5.41) is 8.90. The third-order valence-electron chi connectivity index (χ3n) is 2.32. The molecule has 0 aliphatic carbocycles. The van der Waals surface area contributed by atoms with Crippen LogP contribution in [0, 0.1) is 12.7 Å². The van der Waals surface area contributed by atoms with E-state index < -0.39 is 17.6 Å². The number of hydrogen-bond acceptors (Lipinski definition) is 3. The van der Waals surface area contributed by atoms with Crippen molar-refractivity contribution >= 4 is 17.6 Å². The number of nitrogens with zero attached hydrogens (tertiary/aromatic N) is 2. The molecule has 0 radical (unpaired) electrons. The first-order chi connectivity index (χ1) is 8.49. The Morgan fingerprint density at radius 2 is 2.17 bits per heavy atom. The fourth-order valence-corrected chi connectivity index (χ4v) is 1.66. The molecule has 6 heteroatoms. The number of aromatic nitrogens is 2. The molecule has 0 atom stereocenters. The van der Waals surface area contributed by atoms with E-state index in [-0.39, 0.29) is 16.3 Å². The van der Waals surface area contributed by atoms with E-state index in [0.717, 1.165) is 11.8 Å². The van der Waals surface area contributed by atoms with Crippen molar-refractivity contribution in [3.05, 3.63) is 46.6 Å². The lowest BCUT2D eigenvalue weighted by molar-refractivity contribution is 0.0683. The Morgan fingerprint density at radius 3 is 2.78 bits per heavy atom. The van der Waals surface area contributed by atoms with Crippen molar-refractivity contribution in [2.45, 2.75) is 6.92 Å². The molecule has 0 fully saturated rings. The first-order valence-corrected chi connectivity index (χ1v) is 5.39. The van der Waals surface area contributed by atoms with Gasteiger partial charge in [0.25, 0.3) is 0 Å². The summed E-state index contributed by atoms with van der Waals surface area (Å²) in [6.07, 6.45) is 1.15. The van der Waals surface area contributed by atoms with Gasteiger partial charge in [0.05, 0.1) is 16.9 Å². The van der Waals surface area contributed by atoms with Crippen LogP contribution in [0.25, 0.3) is 11.3 Å². The van der Waals surface area contributed by atoms with Crippen LogP contribution >= 0.6 is 11.6 Å². The number of carbonyl (C=O) groups is 1. The number of halogens is 2. The van der Waals surface area contributed by atoms with Gasteiger partial charge in [-0.05, 0) is 24.6 Å². The average molecular weight is 267 g/mol. The van der Waals surface area contributed by atoms with Crippen LogP contribution in [0.1, 0.15) is 16.2 Å². The normalized spacial score (nSPS) is 10.4. The molecule has 4 nitrogen and oxygen atoms in total. The maximum Gasteiger partial charge on any atom is 0.373 e. The molecule has 1 aromatic heterocycles. The van der Waals surface area contributed by atoms with E-state index in [2.05, 4.69) is 9.97 Å². The van der Waals surface area contributed by atoms with Gasteiger partial charge in [-0.1, -0.05) is 17.7 Å². The standard InChI is InChI=1S/C12H8ClFN2O2/c1-6-2-3-7(9(14)4-6)10-8(13)5-15-11(16-10)12(17)18/h2-5H,1H3,(H,17,18). The van der Waals surface area contributed by atoms with Crippen LogP contribution < -0.4 is 0 Å². The minimum atomic E-state index is -1.29. The number of aromatic carboxylic acids is 1. The maximum absolute atomic E-state index is 13.8. The zero-order valence-corrected chi connectivity index (χ0v) is 10.1. The summed E-state index contributed by atoms with van der Waals surface area (Å²) in [7, 11) is 0. The van der Waals surface area contributed by atoms with E-state index in [9.17, 15) is 9.18 Å². The molecular formula is C12H8ClFN2O2. The summed E-state index contributed by atoms with van der Waals surface area (Å²) in [6.45, 7) is 1.75. The lowest BCUT2D eigenvalue weighted by Crippen LogP contribution is -2.05. The topological polar surface area (TPSA) is 63.1 Å². The Balaban J connectivity index is 2.62. The van der Waals surface area contributed by atoms with Crippen molar-refractivity contribution in [1.82, 2.24) is 9.97 Å². The number of benzene rings is 1. The van der Waals surface area contributed by atoms with Gasteiger partial charge in [0, 0.05) is 5.56 Å². The van der Waals surface area contributed by atoms with E-state index in [1.807, 2.05) is 0 Å². The van der Waals surface area contributed by atoms with Gasteiger partial charge in [-0.3, -0.25) is 0 Å². The predicted octanol–water partition coefficient (Wildman–Crippen LogP) is 2.94. The van der Waals surface area contributed by atoms with Gasteiger partial charge < -0.3 is 5.11 Å². The fraction of sp³-hybridized carbons (Fsp3) is 0.0833. The first-order valence-electron chi connectivity index (χ1n) is 5.01. The van der Waals surface area contributed by atoms with Crippen molar-refractivity contribution in [2.75, 3.05) is 0 Å². The largest absolute Gasteiger partial charge is 0.475 e. The highest BCUT2D eigenvalue weighted by Gasteiger charge is 2.15. The third-order valence-corrected chi connectivity index (χ3v) is 2.59. The average Bonchev–Trinajstić information content (AvgIpc) is 2.30. The molecule has 2 rings (SSSR count). The van der Waals surface area contributed by atoms with E-state index in [0.29, 0.717) is 0 Å². The number of carboxylic acids is 1. The van der Waals surface area contributed by atoms with Crippen LogP contribution in [0.15, 0.2) is 24.4 Å². The number of rotatable bonds is 2. The van der Waals surface area contributed by atoms with Gasteiger partial charge >= 0.3 is 5.97 Å². The summed E-state index contributed by atoms with van der Waals surface area (Å²) in [5.74, 6) is -2.22. The number of hydrogen-bond donors (Lipinski definition) is 1. The van der Waals surface area contributed by atoms with E-state index in [1.165, 1.54) is 12.1 Å². The highest BCUT2D eigenvalue weighted by molar-refractivity contribution is 6.32. The van der Waals surface area contributed by atoms with E-state index in [1.54, 1.807) is 13.0 Å². The second kappa shape index (κ2) is 4.70. The molecule has 0 aliphatic heterocycles. The van der Waals surface area contributed by atoms with E-state index >= 15 is 0 Å². The smallest absolute Gasteiger partial charge is 0.373 e. The predicted molar refractivity (Wildman–Crippen MR) is 64.1 cm³/mol. The SMILES string of the molecule is Cc1ccc(-c2nc(C(=O)O)ncc2Cl)c(F)c1. The Hall–Kier alpha value is -2.01. The second-order valence-electron chi connectivity index (χ2n) is 3.68. The van der Waals surface area contributed by atoms with Crippen LogP contribution in [0.4, 0.5) is 4.39 Å². The summed E-state index contributed by atoms with van der Waals surface area (Å²) >= 11 is 5.86. The van der Waals surface area contributed by atoms with Crippen molar-refractivity contribution in [1.29, 1.82) is 0 Å². The molecule has 0 bridgehead atoms. The lowest BCUT2D eigenvalue weighted by atomic mass is 10.1. The molecule has 1 N–H and O–H groups in total. The summed E-state index contributed by atoms with van der Waals surface area (Å²) in [6, 6.07) is 4.52. The van der Waals surface area contributed by atoms with Gasteiger partial charge in [-0.15, -0.1) is 0 Å². The Labute approximate surface area is 107 Å². The zero-order valence-electron chi connectivity index (χ0n) is 9.32. The molecule has 18 heavy (non-hydrogen) atoms. The lowest BCUT2D eigenvalue weighted by Gasteiger charge is -2.06. The molecular weight excluding hydrogens is 259 g/mol. The van der Waals surface area contributed by atoms with Gasteiger partial charge in [-0.2, -0.15) is 0 Å². The minimum Gasteiger partial charge on any atom is -0.475 e. The van der Waals surface area contributed by atoms with Crippen molar-refractivity contribution in [3.8, 4) is 11.3 Å². The molecule has 0 saturated carbocycles. The van der Waals surface area contributed by atoms with Crippen molar-refractivity contribution in [2.24, 2.45) is 0 Å². The quantitative estimate of drug-likeness (QED) is 0.908. The minimum absolute atomic E-state index is 0.0709.